The second-order valence-corrected chi connectivity index (χ2v) is 15.7. The van der Waals surface area contributed by atoms with E-state index in [-0.39, 0.29) is 31.1 Å². The first-order chi connectivity index (χ1) is 25.8. The minimum absolute atomic E-state index is 0.00212. The molecular weight excluding hydrogens is 737 g/mol. The Hall–Kier alpha value is -5.58. The van der Waals surface area contributed by atoms with Crippen LogP contribution in [0.5, 0.6) is 0 Å². The zero-order chi connectivity index (χ0) is 40.5. The zero-order valence-corrected chi connectivity index (χ0v) is 32.5. The lowest BCUT2D eigenvalue weighted by atomic mass is 10.0. The molecular formula is C38H46N4O12S. The quantitative estimate of drug-likeness (QED) is 0.150. The molecule has 17 heteroatoms. The van der Waals surface area contributed by atoms with Gasteiger partial charge in [0.25, 0.3) is 5.91 Å². The number of fused-ring (bicyclic) bond motifs is 1. The maximum Gasteiger partial charge on any atom is 0.411 e. The van der Waals surface area contributed by atoms with Crippen molar-refractivity contribution in [3.63, 3.8) is 0 Å². The van der Waals surface area contributed by atoms with E-state index < -0.39 is 77.2 Å². The number of hydrogen-bond donors (Lipinski definition) is 3. The summed E-state index contributed by atoms with van der Waals surface area (Å²) in [5, 5.41) is 7.04. The Morgan fingerprint density at radius 1 is 0.818 bits per heavy atom. The van der Waals surface area contributed by atoms with Crippen molar-refractivity contribution < 1.29 is 57.2 Å². The van der Waals surface area contributed by atoms with Gasteiger partial charge >= 0.3 is 30.1 Å². The topological polar surface area (TPSA) is 205 Å². The molecule has 4 rings (SSSR count). The van der Waals surface area contributed by atoms with Gasteiger partial charge in [0, 0.05) is 23.9 Å². The lowest BCUT2D eigenvalue weighted by molar-refractivity contribution is -0.158. The lowest BCUT2D eigenvalue weighted by Crippen LogP contribution is -2.70. The molecule has 4 amide bonds. The highest BCUT2D eigenvalue weighted by atomic mass is 32.2. The number of amides is 4. The van der Waals surface area contributed by atoms with Gasteiger partial charge in [-0.25, -0.2) is 19.2 Å². The van der Waals surface area contributed by atoms with E-state index in [0.717, 1.165) is 5.56 Å². The number of thioether (sulfide) groups is 1. The van der Waals surface area contributed by atoms with Crippen LogP contribution in [0.25, 0.3) is 0 Å². The average Bonchev–Trinajstić information content (AvgIpc) is 3.09. The zero-order valence-electron chi connectivity index (χ0n) is 31.7. The number of carbonyl (C=O) groups is 7. The number of alkyl carbamates (subject to hydrolysis) is 1. The molecule has 3 atom stereocenters. The molecule has 3 N–H and O–H groups in total. The largest absolute Gasteiger partial charge is 0.461 e. The van der Waals surface area contributed by atoms with Gasteiger partial charge in [-0.15, -0.1) is 11.8 Å². The molecule has 0 aromatic heterocycles. The van der Waals surface area contributed by atoms with Crippen molar-refractivity contribution in [2.24, 2.45) is 0 Å². The van der Waals surface area contributed by atoms with E-state index in [4.69, 9.17) is 23.7 Å². The van der Waals surface area contributed by atoms with Crippen molar-refractivity contribution in [3.8, 4) is 0 Å². The summed E-state index contributed by atoms with van der Waals surface area (Å²) >= 11 is 1.32. The average molecular weight is 783 g/mol. The molecule has 0 spiro atoms. The van der Waals surface area contributed by atoms with Crippen LogP contribution in [0.15, 0.2) is 65.9 Å². The Bertz CT molecular complexity index is 1800. The molecule has 2 aromatic carbocycles. The van der Waals surface area contributed by atoms with Crippen LogP contribution in [0.4, 0.5) is 15.3 Å². The molecule has 0 aliphatic carbocycles. The third-order valence-corrected chi connectivity index (χ3v) is 8.89. The molecule has 1 saturated heterocycles. The summed E-state index contributed by atoms with van der Waals surface area (Å²) in [6, 6.07) is 13.0. The Balaban J connectivity index is 1.31. The molecule has 0 bridgehead atoms. The van der Waals surface area contributed by atoms with Gasteiger partial charge in [0.1, 0.15) is 48.1 Å². The third-order valence-electron chi connectivity index (χ3n) is 7.55. The SMILES string of the molecule is CC(=O)OCC1=C(C(=O)OCc2ccccc2)N2C(=O)[C@@H](NC(=O)Cc3ccc(NC(=O)OC[C@@H](NC(=O)OC(C)(C)C)C(=O)OC(C)(C)C)cc3)[C@H]2SC1. The number of nitrogens with one attached hydrogen (secondary N) is 3. The number of benzene rings is 2. The molecule has 16 nitrogen and oxygen atoms in total. The minimum atomic E-state index is -1.35. The highest BCUT2D eigenvalue weighted by molar-refractivity contribution is 8.00. The fourth-order valence-corrected chi connectivity index (χ4v) is 6.51. The molecule has 2 heterocycles. The van der Waals surface area contributed by atoms with E-state index in [1.165, 1.54) is 35.7 Å². The molecule has 2 aliphatic heterocycles. The fourth-order valence-electron chi connectivity index (χ4n) is 5.18. The fraction of sp³-hybridized carbons (Fsp3) is 0.447. The first kappa shape index (κ1) is 42.2. The number of esters is 3. The number of ether oxygens (including phenoxy) is 5. The van der Waals surface area contributed by atoms with Gasteiger partial charge in [-0.2, -0.15) is 0 Å². The summed E-state index contributed by atoms with van der Waals surface area (Å²) in [4.78, 5) is 90.0. The number of hydrogen-bond acceptors (Lipinski definition) is 13. The highest BCUT2D eigenvalue weighted by Gasteiger charge is 2.54. The van der Waals surface area contributed by atoms with Gasteiger partial charge in [0.15, 0.2) is 6.04 Å². The van der Waals surface area contributed by atoms with Gasteiger partial charge in [-0.1, -0.05) is 42.5 Å². The van der Waals surface area contributed by atoms with Crippen molar-refractivity contribution in [1.29, 1.82) is 0 Å². The number of carbonyl (C=O) groups excluding carboxylic acids is 7. The second kappa shape index (κ2) is 18.2. The van der Waals surface area contributed by atoms with Gasteiger partial charge in [0.05, 0.1) is 6.42 Å². The smallest absolute Gasteiger partial charge is 0.411 e. The van der Waals surface area contributed by atoms with E-state index in [9.17, 15) is 33.6 Å². The van der Waals surface area contributed by atoms with Crippen LogP contribution in [0.1, 0.15) is 59.6 Å². The number of β-lactam (4-membered cyclic amide) rings is 1. The van der Waals surface area contributed by atoms with Gasteiger partial charge in [-0.05, 0) is 64.8 Å². The molecule has 0 saturated carbocycles. The third kappa shape index (κ3) is 12.8. The van der Waals surface area contributed by atoms with Crippen molar-refractivity contribution >= 4 is 59.4 Å². The van der Waals surface area contributed by atoms with Crippen molar-refractivity contribution in [1.82, 2.24) is 15.5 Å². The van der Waals surface area contributed by atoms with Crippen LogP contribution in [0.3, 0.4) is 0 Å². The van der Waals surface area contributed by atoms with Crippen LogP contribution in [-0.4, -0.2) is 94.4 Å². The van der Waals surface area contributed by atoms with Crippen molar-refractivity contribution in [2.45, 2.75) is 90.2 Å². The number of anilines is 1. The van der Waals surface area contributed by atoms with Gasteiger partial charge < -0.3 is 34.3 Å². The normalized spacial score (nSPS) is 17.1. The van der Waals surface area contributed by atoms with Crippen LogP contribution < -0.4 is 16.0 Å². The molecule has 1 fully saturated rings. The molecule has 0 radical (unpaired) electrons. The van der Waals surface area contributed by atoms with Crippen molar-refractivity contribution in [2.75, 3.05) is 24.3 Å². The molecule has 0 unspecified atom stereocenters. The molecule has 296 valence electrons. The summed E-state index contributed by atoms with van der Waals surface area (Å²) in [6.07, 6.45) is -1.91. The number of rotatable bonds is 13. The van der Waals surface area contributed by atoms with E-state index in [2.05, 4.69) is 16.0 Å². The predicted molar refractivity (Wildman–Crippen MR) is 199 cm³/mol. The summed E-state index contributed by atoms with van der Waals surface area (Å²) in [5.74, 6) is -2.80. The summed E-state index contributed by atoms with van der Waals surface area (Å²) in [6.45, 7) is 10.4. The van der Waals surface area contributed by atoms with E-state index >= 15 is 0 Å². The van der Waals surface area contributed by atoms with Crippen molar-refractivity contribution in [3.05, 3.63) is 77.0 Å². The monoisotopic (exact) mass is 782 g/mol. The van der Waals surface area contributed by atoms with Crippen LogP contribution >= 0.6 is 11.8 Å². The van der Waals surface area contributed by atoms with Gasteiger partial charge in [0.2, 0.25) is 5.91 Å². The summed E-state index contributed by atoms with van der Waals surface area (Å²) in [5.41, 5.74) is 0.347. The second-order valence-electron chi connectivity index (χ2n) is 14.6. The Morgan fingerprint density at radius 3 is 2.09 bits per heavy atom. The van der Waals surface area contributed by atoms with Crippen LogP contribution in [0.2, 0.25) is 0 Å². The molecule has 2 aliphatic rings. The lowest BCUT2D eigenvalue weighted by Gasteiger charge is -2.49. The van der Waals surface area contributed by atoms with E-state index in [0.29, 0.717) is 16.8 Å². The Labute approximate surface area is 323 Å². The summed E-state index contributed by atoms with van der Waals surface area (Å²) in [7, 11) is 0. The highest BCUT2D eigenvalue weighted by Crippen LogP contribution is 2.41. The summed E-state index contributed by atoms with van der Waals surface area (Å²) < 4.78 is 26.4. The molecule has 2 aromatic rings. The first-order valence-electron chi connectivity index (χ1n) is 17.3. The van der Waals surface area contributed by atoms with Crippen LogP contribution in [0, 0.1) is 0 Å². The molecule has 55 heavy (non-hydrogen) atoms. The standard InChI is InChI=1S/C38H46N4O12S/c1-22(43)50-19-25-21-55-32-29(31(45)42(32)30(25)34(47)51-18-24-11-9-8-10-12-24)41-28(44)17-23-13-15-26(16-14-23)39-35(48)52-20-27(33(46)53-37(2,3)4)40-36(49)54-38(5,6)7/h8-16,27,29,32H,17-21H2,1-7H3,(H,39,48)(H,40,49)(H,41,44)/t27-,29-,32-/m1/s1. The maximum absolute atomic E-state index is 13.3. The predicted octanol–water partition coefficient (Wildman–Crippen LogP) is 3.97. The van der Waals surface area contributed by atoms with Crippen LogP contribution in [-0.2, 0) is 60.7 Å². The minimum Gasteiger partial charge on any atom is -0.461 e. The first-order valence-corrected chi connectivity index (χ1v) is 18.4. The van der Waals surface area contributed by atoms with E-state index in [1.807, 2.05) is 6.07 Å². The Morgan fingerprint density at radius 2 is 1.47 bits per heavy atom. The number of nitrogens with zero attached hydrogens (tertiary/aromatic N) is 1. The Kier molecular flexibility index (Phi) is 13.9. The van der Waals surface area contributed by atoms with Gasteiger partial charge in [-0.3, -0.25) is 24.6 Å². The van der Waals surface area contributed by atoms with E-state index in [1.54, 1.807) is 77.9 Å². The maximum atomic E-state index is 13.3.